The molecular formula is C15H16INO. The second-order valence-corrected chi connectivity index (χ2v) is 5.29. The highest BCUT2D eigenvalue weighted by Crippen LogP contribution is 2.24. The minimum Gasteiger partial charge on any atom is -0.486 e. The summed E-state index contributed by atoms with van der Waals surface area (Å²) in [5.74, 6) is 0.887. The Morgan fingerprint density at radius 2 is 1.67 bits per heavy atom. The normalized spacial score (nSPS) is 12.1. The molecule has 2 aromatic rings. The van der Waals surface area contributed by atoms with Crippen LogP contribution in [0, 0.1) is 3.57 Å². The van der Waals surface area contributed by atoms with Crippen molar-refractivity contribution < 1.29 is 4.74 Å². The van der Waals surface area contributed by atoms with Gasteiger partial charge in [0.25, 0.3) is 0 Å². The van der Waals surface area contributed by atoms with Gasteiger partial charge in [-0.2, -0.15) is 0 Å². The molecule has 0 fully saturated rings. The molecule has 0 saturated heterocycles. The van der Waals surface area contributed by atoms with E-state index in [0.29, 0.717) is 6.54 Å². The summed E-state index contributed by atoms with van der Waals surface area (Å²) in [7, 11) is 0. The van der Waals surface area contributed by atoms with E-state index >= 15 is 0 Å². The largest absolute Gasteiger partial charge is 0.486 e. The van der Waals surface area contributed by atoms with E-state index in [4.69, 9.17) is 10.5 Å². The molecule has 0 aliphatic carbocycles. The van der Waals surface area contributed by atoms with E-state index in [1.807, 2.05) is 42.5 Å². The first-order valence-corrected chi connectivity index (χ1v) is 7.04. The number of rotatable bonds is 5. The molecular weight excluding hydrogens is 337 g/mol. The highest BCUT2D eigenvalue weighted by molar-refractivity contribution is 14.1. The van der Waals surface area contributed by atoms with Gasteiger partial charge < -0.3 is 10.5 Å². The monoisotopic (exact) mass is 353 g/mol. The molecule has 0 amide bonds. The van der Waals surface area contributed by atoms with Gasteiger partial charge in [-0.05, 0) is 59.0 Å². The number of hydrogen-bond donors (Lipinski definition) is 1. The van der Waals surface area contributed by atoms with E-state index in [1.165, 1.54) is 9.13 Å². The van der Waals surface area contributed by atoms with Crippen LogP contribution in [0.1, 0.15) is 18.1 Å². The van der Waals surface area contributed by atoms with Gasteiger partial charge in [0.1, 0.15) is 11.9 Å². The molecule has 0 bridgehead atoms. The average Bonchev–Trinajstić information content (AvgIpc) is 2.42. The summed E-state index contributed by atoms with van der Waals surface area (Å²) in [6.07, 6.45) is 0.840. The Balaban J connectivity index is 2.14. The van der Waals surface area contributed by atoms with Crippen molar-refractivity contribution >= 4 is 22.6 Å². The number of nitrogens with two attached hydrogens (primary N) is 1. The van der Waals surface area contributed by atoms with E-state index in [9.17, 15) is 0 Å². The van der Waals surface area contributed by atoms with Gasteiger partial charge in [0.15, 0.2) is 0 Å². The molecule has 0 heterocycles. The molecule has 0 aromatic heterocycles. The Morgan fingerprint density at radius 3 is 2.28 bits per heavy atom. The van der Waals surface area contributed by atoms with Crippen LogP contribution in [0.15, 0.2) is 54.6 Å². The van der Waals surface area contributed by atoms with Crippen LogP contribution in [0.3, 0.4) is 0 Å². The van der Waals surface area contributed by atoms with E-state index < -0.39 is 0 Å². The van der Waals surface area contributed by atoms with Crippen molar-refractivity contribution in [1.29, 1.82) is 0 Å². The molecule has 94 valence electrons. The van der Waals surface area contributed by atoms with E-state index in [0.717, 1.165) is 12.2 Å². The molecule has 0 aliphatic rings. The van der Waals surface area contributed by atoms with Gasteiger partial charge in [-0.15, -0.1) is 0 Å². The van der Waals surface area contributed by atoms with Gasteiger partial charge in [0, 0.05) is 9.99 Å². The molecule has 3 heteroatoms. The molecule has 1 atom stereocenters. The summed E-state index contributed by atoms with van der Waals surface area (Å²) in [5.41, 5.74) is 6.83. The minimum absolute atomic E-state index is 0.0243. The van der Waals surface area contributed by atoms with Crippen LogP contribution in [0.4, 0.5) is 0 Å². The summed E-state index contributed by atoms with van der Waals surface area (Å²) < 4.78 is 7.22. The third kappa shape index (κ3) is 3.71. The number of halogens is 1. The Bertz CT molecular complexity index is 470. The number of benzene rings is 2. The minimum atomic E-state index is 0.0243. The smallest absolute Gasteiger partial charge is 0.125 e. The zero-order valence-corrected chi connectivity index (χ0v) is 12.2. The average molecular weight is 353 g/mol. The van der Waals surface area contributed by atoms with Crippen LogP contribution in [0.25, 0.3) is 0 Å². The Hall–Kier alpha value is -1.07. The molecule has 2 nitrogen and oxygen atoms in total. The maximum Gasteiger partial charge on any atom is 0.125 e. The summed E-state index contributed by atoms with van der Waals surface area (Å²) in [4.78, 5) is 0. The van der Waals surface area contributed by atoms with Crippen LogP contribution >= 0.6 is 22.6 Å². The van der Waals surface area contributed by atoms with Gasteiger partial charge in [-0.3, -0.25) is 0 Å². The quantitative estimate of drug-likeness (QED) is 0.831. The Morgan fingerprint density at radius 1 is 1.00 bits per heavy atom. The third-order valence-electron chi connectivity index (χ3n) is 2.69. The van der Waals surface area contributed by atoms with Crippen molar-refractivity contribution in [3.8, 4) is 5.75 Å². The Kier molecular flexibility index (Phi) is 5.01. The fourth-order valence-electron chi connectivity index (χ4n) is 1.79. The van der Waals surface area contributed by atoms with E-state index in [1.54, 1.807) is 0 Å². The Labute approximate surface area is 121 Å². The van der Waals surface area contributed by atoms with Crippen LogP contribution in [0.5, 0.6) is 5.75 Å². The highest BCUT2D eigenvalue weighted by atomic mass is 127. The van der Waals surface area contributed by atoms with Gasteiger partial charge in [-0.1, -0.05) is 30.3 Å². The summed E-state index contributed by atoms with van der Waals surface area (Å²) in [6, 6.07) is 18.3. The fraction of sp³-hybridized carbons (Fsp3) is 0.200. The summed E-state index contributed by atoms with van der Waals surface area (Å²) >= 11 is 2.28. The van der Waals surface area contributed by atoms with Crippen molar-refractivity contribution in [2.45, 2.75) is 12.5 Å². The van der Waals surface area contributed by atoms with Gasteiger partial charge in [0.05, 0.1) is 0 Å². The molecule has 0 spiro atoms. The molecule has 2 rings (SSSR count). The van der Waals surface area contributed by atoms with E-state index in [-0.39, 0.29) is 6.10 Å². The van der Waals surface area contributed by atoms with Crippen molar-refractivity contribution in [1.82, 2.24) is 0 Å². The maximum atomic E-state index is 6.01. The van der Waals surface area contributed by atoms with Crippen molar-refractivity contribution in [2.75, 3.05) is 6.54 Å². The van der Waals surface area contributed by atoms with Crippen LogP contribution in [-0.2, 0) is 0 Å². The molecule has 2 aromatic carbocycles. The van der Waals surface area contributed by atoms with Crippen molar-refractivity contribution in [2.24, 2.45) is 5.73 Å². The molecule has 0 radical (unpaired) electrons. The lowest BCUT2D eigenvalue weighted by Gasteiger charge is -2.19. The van der Waals surface area contributed by atoms with Crippen LogP contribution in [-0.4, -0.2) is 6.54 Å². The second kappa shape index (κ2) is 6.75. The lowest BCUT2D eigenvalue weighted by atomic mass is 10.1. The SMILES string of the molecule is NCCC(Oc1ccc(I)cc1)c1ccccc1. The molecule has 0 saturated carbocycles. The first-order chi connectivity index (χ1) is 8.79. The predicted octanol–water partition coefficient (Wildman–Crippen LogP) is 3.76. The second-order valence-electron chi connectivity index (χ2n) is 4.05. The molecule has 1 unspecified atom stereocenters. The molecule has 2 N–H and O–H groups in total. The molecule has 18 heavy (non-hydrogen) atoms. The third-order valence-corrected chi connectivity index (χ3v) is 3.41. The fourth-order valence-corrected chi connectivity index (χ4v) is 2.15. The topological polar surface area (TPSA) is 35.2 Å². The van der Waals surface area contributed by atoms with E-state index in [2.05, 4.69) is 34.7 Å². The first kappa shape index (κ1) is 13.4. The van der Waals surface area contributed by atoms with Gasteiger partial charge in [-0.25, -0.2) is 0 Å². The van der Waals surface area contributed by atoms with Crippen molar-refractivity contribution in [3.05, 3.63) is 63.7 Å². The number of hydrogen-bond acceptors (Lipinski definition) is 2. The zero-order chi connectivity index (χ0) is 12.8. The lowest BCUT2D eigenvalue weighted by molar-refractivity contribution is 0.198. The predicted molar refractivity (Wildman–Crippen MR) is 82.6 cm³/mol. The van der Waals surface area contributed by atoms with Crippen LogP contribution < -0.4 is 10.5 Å². The van der Waals surface area contributed by atoms with Gasteiger partial charge in [0.2, 0.25) is 0 Å². The number of ether oxygens (including phenoxy) is 1. The standard InChI is InChI=1S/C15H16INO/c16-13-6-8-14(9-7-13)18-15(10-11-17)12-4-2-1-3-5-12/h1-9,15H,10-11,17H2. The lowest BCUT2D eigenvalue weighted by Crippen LogP contribution is -2.13. The van der Waals surface area contributed by atoms with Gasteiger partial charge >= 0.3 is 0 Å². The van der Waals surface area contributed by atoms with Crippen LogP contribution in [0.2, 0.25) is 0 Å². The maximum absolute atomic E-state index is 6.01. The highest BCUT2D eigenvalue weighted by Gasteiger charge is 2.11. The summed E-state index contributed by atoms with van der Waals surface area (Å²) in [5, 5.41) is 0. The van der Waals surface area contributed by atoms with Crippen molar-refractivity contribution in [3.63, 3.8) is 0 Å². The molecule has 0 aliphatic heterocycles. The summed E-state index contributed by atoms with van der Waals surface area (Å²) in [6.45, 7) is 0.615. The first-order valence-electron chi connectivity index (χ1n) is 5.97. The zero-order valence-electron chi connectivity index (χ0n) is 10.1.